The first-order valence-electron chi connectivity index (χ1n) is 8.70. The number of halogens is 1. The number of benzene rings is 2. The Morgan fingerprint density at radius 1 is 0.833 bits per heavy atom. The van der Waals surface area contributed by atoms with E-state index in [1.54, 1.807) is 32.9 Å². The lowest BCUT2D eigenvalue weighted by molar-refractivity contribution is 0.599. The van der Waals surface area contributed by atoms with E-state index in [1.807, 2.05) is 0 Å². The maximum absolute atomic E-state index is 12.7. The Hall–Kier alpha value is -2.69. The van der Waals surface area contributed by atoms with Gasteiger partial charge in [-0.15, -0.1) is 0 Å². The largest absolute Gasteiger partial charge is 0.280 e. The minimum absolute atomic E-state index is 0.0478. The Morgan fingerprint density at radius 2 is 1.50 bits per heavy atom. The van der Waals surface area contributed by atoms with E-state index in [0.717, 1.165) is 0 Å². The van der Waals surface area contributed by atoms with Gasteiger partial charge in [-0.3, -0.25) is 4.72 Å². The molecule has 11 heteroatoms. The first-order valence-corrected chi connectivity index (χ1v) is 12.0. The van der Waals surface area contributed by atoms with E-state index in [0.29, 0.717) is 21.8 Å². The van der Waals surface area contributed by atoms with Gasteiger partial charge in [0.15, 0.2) is 0 Å². The molecule has 0 saturated carbocycles. The number of aryl methyl sites for hydroxylation is 3. The summed E-state index contributed by atoms with van der Waals surface area (Å²) in [5, 5.41) is 0.478. The van der Waals surface area contributed by atoms with Gasteiger partial charge < -0.3 is 0 Å². The fourth-order valence-electron chi connectivity index (χ4n) is 2.63. The fraction of sp³-hybridized carbons (Fsp3) is 0.158. The number of nitrogens with one attached hydrogen (secondary N) is 2. The van der Waals surface area contributed by atoms with Crippen LogP contribution in [0.25, 0.3) is 0 Å². The van der Waals surface area contributed by atoms with E-state index in [9.17, 15) is 16.8 Å². The molecular formula is C19H19ClN4O4S2. The number of sulfonamides is 2. The van der Waals surface area contributed by atoms with Gasteiger partial charge in [-0.05, 0) is 74.4 Å². The zero-order chi connectivity index (χ0) is 22.1. The van der Waals surface area contributed by atoms with Crippen LogP contribution in [0.5, 0.6) is 0 Å². The molecular weight excluding hydrogens is 448 g/mol. The molecule has 1 heterocycles. The highest BCUT2D eigenvalue weighted by Gasteiger charge is 2.20. The molecule has 0 spiro atoms. The van der Waals surface area contributed by atoms with Crippen LogP contribution in [0.3, 0.4) is 0 Å². The zero-order valence-corrected chi connectivity index (χ0v) is 18.7. The van der Waals surface area contributed by atoms with Crippen molar-refractivity contribution < 1.29 is 16.8 Å². The predicted octanol–water partition coefficient (Wildman–Crippen LogP) is 3.66. The second-order valence-corrected chi connectivity index (χ2v) is 10.4. The van der Waals surface area contributed by atoms with E-state index in [-0.39, 0.29) is 21.4 Å². The summed E-state index contributed by atoms with van der Waals surface area (Å²) in [6.45, 7) is 5.07. The topological polar surface area (TPSA) is 118 Å². The molecule has 8 nitrogen and oxygen atoms in total. The lowest BCUT2D eigenvalue weighted by Gasteiger charge is -2.13. The summed E-state index contributed by atoms with van der Waals surface area (Å²) < 4.78 is 55.2. The van der Waals surface area contributed by atoms with Crippen LogP contribution < -0.4 is 9.44 Å². The first kappa shape index (κ1) is 22.0. The monoisotopic (exact) mass is 466 g/mol. The van der Waals surface area contributed by atoms with Crippen LogP contribution in [-0.4, -0.2) is 26.8 Å². The molecule has 3 rings (SSSR count). The zero-order valence-electron chi connectivity index (χ0n) is 16.3. The molecule has 0 bridgehead atoms. The van der Waals surface area contributed by atoms with Gasteiger partial charge in [0.25, 0.3) is 20.0 Å². The second kappa shape index (κ2) is 8.21. The number of aromatic nitrogens is 2. The van der Waals surface area contributed by atoms with Gasteiger partial charge in [0, 0.05) is 22.6 Å². The third-order valence-electron chi connectivity index (χ3n) is 4.18. The van der Waals surface area contributed by atoms with Crippen LogP contribution in [-0.2, 0) is 20.0 Å². The van der Waals surface area contributed by atoms with Crippen molar-refractivity contribution in [3.8, 4) is 0 Å². The smallest absolute Gasteiger partial charge is 0.264 e. The van der Waals surface area contributed by atoms with E-state index in [4.69, 9.17) is 11.6 Å². The normalized spacial score (nSPS) is 11.9. The number of anilines is 2. The summed E-state index contributed by atoms with van der Waals surface area (Å²) in [5.41, 5.74) is 1.96. The van der Waals surface area contributed by atoms with Crippen LogP contribution in [0.4, 0.5) is 11.6 Å². The second-order valence-electron chi connectivity index (χ2n) is 6.62. The number of nitrogens with zero attached hydrogens (tertiary/aromatic N) is 2. The maximum Gasteiger partial charge on any atom is 0.264 e. The minimum atomic E-state index is -3.93. The molecule has 0 fully saturated rings. The molecule has 158 valence electrons. The van der Waals surface area contributed by atoms with E-state index < -0.39 is 20.0 Å². The summed E-state index contributed by atoms with van der Waals surface area (Å²) in [4.78, 5) is 7.91. The molecule has 0 saturated heterocycles. The standard InChI is InChI=1S/C19H19ClN4O4S2/c1-12-11-18(13(2)10-17(12)20)30(27,28)23-15-4-6-16(7-5-15)29(25,26)24-19-21-9-8-14(3)22-19/h4-11,23H,1-3H3,(H,21,22,24). The van der Waals surface area contributed by atoms with Crippen LogP contribution in [0.1, 0.15) is 16.8 Å². The Bertz CT molecular complexity index is 1310. The number of hydrogen-bond donors (Lipinski definition) is 2. The first-order chi connectivity index (χ1) is 14.0. The highest BCUT2D eigenvalue weighted by atomic mass is 35.5. The van der Waals surface area contributed by atoms with Crippen molar-refractivity contribution in [1.29, 1.82) is 0 Å². The fourth-order valence-corrected chi connectivity index (χ4v) is 5.17. The van der Waals surface area contributed by atoms with Gasteiger partial charge in [-0.25, -0.2) is 31.5 Å². The quantitative estimate of drug-likeness (QED) is 0.572. The molecule has 0 radical (unpaired) electrons. The molecule has 2 aromatic carbocycles. The maximum atomic E-state index is 12.7. The summed E-state index contributed by atoms with van der Waals surface area (Å²) >= 11 is 6.04. The third-order valence-corrected chi connectivity index (χ3v) is 7.46. The predicted molar refractivity (Wildman–Crippen MR) is 116 cm³/mol. The molecule has 0 aliphatic carbocycles. The van der Waals surface area contributed by atoms with Gasteiger partial charge in [0.05, 0.1) is 9.79 Å². The van der Waals surface area contributed by atoms with E-state index in [1.165, 1.54) is 36.5 Å². The molecule has 30 heavy (non-hydrogen) atoms. The van der Waals surface area contributed by atoms with Gasteiger partial charge in [0.2, 0.25) is 5.95 Å². The van der Waals surface area contributed by atoms with Crippen molar-refractivity contribution >= 4 is 43.3 Å². The van der Waals surface area contributed by atoms with Crippen LogP contribution in [0.2, 0.25) is 5.02 Å². The Morgan fingerprint density at radius 3 is 2.13 bits per heavy atom. The van der Waals surface area contributed by atoms with Gasteiger partial charge >= 0.3 is 0 Å². The summed E-state index contributed by atoms with van der Waals surface area (Å²) in [6.07, 6.45) is 1.44. The Balaban J connectivity index is 1.83. The average Bonchev–Trinajstić information content (AvgIpc) is 2.64. The van der Waals surface area contributed by atoms with Crippen LogP contribution in [0.15, 0.2) is 58.5 Å². The van der Waals surface area contributed by atoms with Crippen molar-refractivity contribution in [1.82, 2.24) is 9.97 Å². The molecule has 2 N–H and O–H groups in total. The van der Waals surface area contributed by atoms with Gasteiger partial charge in [-0.2, -0.15) is 0 Å². The van der Waals surface area contributed by atoms with Crippen molar-refractivity contribution in [2.45, 2.75) is 30.6 Å². The third kappa shape index (κ3) is 4.89. The molecule has 0 aliphatic heterocycles. The summed E-state index contributed by atoms with van der Waals surface area (Å²) in [6, 6.07) is 10.0. The summed E-state index contributed by atoms with van der Waals surface area (Å²) in [7, 11) is -7.81. The minimum Gasteiger partial charge on any atom is -0.280 e. The highest BCUT2D eigenvalue weighted by molar-refractivity contribution is 7.93. The van der Waals surface area contributed by atoms with Crippen molar-refractivity contribution in [2.75, 3.05) is 9.44 Å². The molecule has 0 unspecified atom stereocenters. The van der Waals surface area contributed by atoms with E-state index in [2.05, 4.69) is 19.4 Å². The van der Waals surface area contributed by atoms with Gasteiger partial charge in [0.1, 0.15) is 0 Å². The Kier molecular flexibility index (Phi) is 6.02. The lowest BCUT2D eigenvalue weighted by atomic mass is 10.2. The SMILES string of the molecule is Cc1ccnc(NS(=O)(=O)c2ccc(NS(=O)(=O)c3cc(C)c(Cl)cc3C)cc2)n1. The van der Waals surface area contributed by atoms with E-state index >= 15 is 0 Å². The highest BCUT2D eigenvalue weighted by Crippen LogP contribution is 2.26. The van der Waals surface area contributed by atoms with Crippen molar-refractivity contribution in [3.05, 3.63) is 70.5 Å². The lowest BCUT2D eigenvalue weighted by Crippen LogP contribution is -2.16. The summed E-state index contributed by atoms with van der Waals surface area (Å²) in [5.74, 6) is -0.0478. The van der Waals surface area contributed by atoms with Crippen molar-refractivity contribution in [2.24, 2.45) is 0 Å². The van der Waals surface area contributed by atoms with Crippen molar-refractivity contribution in [3.63, 3.8) is 0 Å². The molecule has 0 amide bonds. The number of hydrogen-bond acceptors (Lipinski definition) is 6. The molecule has 1 aromatic heterocycles. The van der Waals surface area contributed by atoms with Crippen LogP contribution >= 0.6 is 11.6 Å². The molecule has 0 atom stereocenters. The average molecular weight is 467 g/mol. The Labute approximate surface area is 180 Å². The molecule has 3 aromatic rings. The molecule has 0 aliphatic rings. The van der Waals surface area contributed by atoms with Gasteiger partial charge in [-0.1, -0.05) is 11.6 Å². The van der Waals surface area contributed by atoms with Crippen LogP contribution in [0, 0.1) is 20.8 Å². The number of rotatable bonds is 6.